The quantitative estimate of drug-likeness (QED) is 0.0883. The minimum atomic E-state index is -0.951. The van der Waals surface area contributed by atoms with Crippen LogP contribution >= 0.6 is 0 Å². The van der Waals surface area contributed by atoms with Gasteiger partial charge in [0.15, 0.2) is 0 Å². The molecule has 1 N–H and O–H groups in total. The van der Waals surface area contributed by atoms with E-state index in [9.17, 15) is 4.79 Å². The van der Waals surface area contributed by atoms with Gasteiger partial charge in [0, 0.05) is 4.91 Å². The molecule has 0 aromatic rings. The fourth-order valence-corrected chi connectivity index (χ4v) is 0.340. The molecule has 60 valence electrons. The van der Waals surface area contributed by atoms with Gasteiger partial charge < -0.3 is 9.94 Å². The second kappa shape index (κ2) is 5.07. The van der Waals surface area contributed by atoms with E-state index in [1.165, 1.54) is 0 Å². The number of esters is 1. The van der Waals surface area contributed by atoms with Gasteiger partial charge in [0.1, 0.15) is 0 Å². The average Bonchev–Trinajstić information content (AvgIpc) is 2.00. The van der Waals surface area contributed by atoms with Gasteiger partial charge in [-0.05, 0) is 17.6 Å². The summed E-state index contributed by atoms with van der Waals surface area (Å²) >= 11 is 0. The Labute approximate surface area is 61.9 Å². The molecule has 0 aliphatic rings. The van der Waals surface area contributed by atoms with Crippen LogP contribution < -0.4 is 0 Å². The van der Waals surface area contributed by atoms with Crippen LogP contribution in [0.3, 0.4) is 0 Å². The molecule has 0 atom stereocenters. The van der Waals surface area contributed by atoms with E-state index in [1.54, 1.807) is 6.92 Å². The van der Waals surface area contributed by atoms with Crippen LogP contribution in [0, 0.1) is 0 Å². The molecular weight excluding hydrogens is 152 g/mol. The maximum absolute atomic E-state index is 10.6. The summed E-state index contributed by atoms with van der Waals surface area (Å²) in [4.78, 5) is 12.8. The first-order valence-corrected chi connectivity index (χ1v) is 2.70. The summed E-state index contributed by atoms with van der Waals surface area (Å²) in [7, 11) is 0. The minimum Gasteiger partial charge on any atom is -0.461 e. The summed E-state index contributed by atoms with van der Waals surface area (Å²) in [5, 5.41) is 13.3. The number of hydrogen-bond donors (Lipinski definition) is 1. The summed E-state index contributed by atoms with van der Waals surface area (Å²) in [5.74, 6) is -1.65. The van der Waals surface area contributed by atoms with Crippen LogP contribution in [0.15, 0.2) is 10.3 Å². The predicted molar refractivity (Wildman–Crippen MR) is 35.0 cm³/mol. The van der Waals surface area contributed by atoms with Crippen molar-refractivity contribution in [3.8, 4) is 0 Å². The van der Waals surface area contributed by atoms with Crippen LogP contribution in [0.25, 0.3) is 10.4 Å². The molecule has 0 spiro atoms. The Balaban J connectivity index is 4.28. The van der Waals surface area contributed by atoms with Crippen molar-refractivity contribution in [3.05, 3.63) is 10.4 Å². The lowest BCUT2D eigenvalue weighted by Gasteiger charge is -1.96. The van der Waals surface area contributed by atoms with Crippen LogP contribution in [0.1, 0.15) is 6.92 Å². The highest BCUT2D eigenvalue weighted by atomic mass is 16.5. The molecular formula is C4H6N4O3. The van der Waals surface area contributed by atoms with E-state index in [0.29, 0.717) is 0 Å². The molecule has 0 aromatic heterocycles. The smallest absolute Gasteiger partial charge is 0.362 e. The van der Waals surface area contributed by atoms with Crippen molar-refractivity contribution in [1.82, 2.24) is 0 Å². The number of carbonyl (C=O) groups excluding carboxylic acids is 1. The monoisotopic (exact) mass is 158 g/mol. The number of carbonyl (C=O) groups is 1. The normalized spacial score (nSPS) is 10.1. The van der Waals surface area contributed by atoms with E-state index in [-0.39, 0.29) is 6.61 Å². The first-order chi connectivity index (χ1) is 5.26. The average molecular weight is 158 g/mol. The third-order valence-corrected chi connectivity index (χ3v) is 0.692. The van der Waals surface area contributed by atoms with E-state index in [1.807, 2.05) is 0 Å². The number of azide groups is 1. The summed E-state index contributed by atoms with van der Waals surface area (Å²) in [6, 6.07) is 0. The standard InChI is InChI=1S/C4H6N4O3/c1-2-11-4(9)3(7-10)6-8-5/h10H,2H2,1H3/b7-3-. The molecule has 0 radical (unpaired) electrons. The first-order valence-electron chi connectivity index (χ1n) is 2.70. The summed E-state index contributed by atoms with van der Waals surface area (Å²) in [6.45, 7) is 1.70. The molecule has 0 saturated carbocycles. The van der Waals surface area contributed by atoms with Crippen molar-refractivity contribution < 1.29 is 14.7 Å². The van der Waals surface area contributed by atoms with E-state index in [4.69, 9.17) is 10.7 Å². The third-order valence-electron chi connectivity index (χ3n) is 0.692. The van der Waals surface area contributed by atoms with Crippen LogP contribution in [0.2, 0.25) is 0 Å². The van der Waals surface area contributed by atoms with Gasteiger partial charge in [0.25, 0.3) is 0 Å². The van der Waals surface area contributed by atoms with Gasteiger partial charge in [0.2, 0.25) is 5.84 Å². The van der Waals surface area contributed by atoms with Gasteiger partial charge in [-0.3, -0.25) is 0 Å². The van der Waals surface area contributed by atoms with Crippen molar-refractivity contribution in [3.63, 3.8) is 0 Å². The van der Waals surface area contributed by atoms with Gasteiger partial charge >= 0.3 is 5.97 Å². The second-order valence-corrected chi connectivity index (χ2v) is 1.33. The number of hydrogen-bond acceptors (Lipinski definition) is 4. The number of amidine groups is 1. The molecule has 0 aliphatic carbocycles. The van der Waals surface area contributed by atoms with Crippen molar-refractivity contribution in [2.45, 2.75) is 6.92 Å². The zero-order chi connectivity index (χ0) is 8.69. The van der Waals surface area contributed by atoms with E-state index in [2.05, 4.69) is 19.9 Å². The number of ether oxygens (including phenoxy) is 1. The van der Waals surface area contributed by atoms with E-state index < -0.39 is 11.8 Å². The highest BCUT2D eigenvalue weighted by molar-refractivity contribution is 6.35. The van der Waals surface area contributed by atoms with Crippen LogP contribution in [0.5, 0.6) is 0 Å². The van der Waals surface area contributed by atoms with E-state index in [0.717, 1.165) is 0 Å². The second-order valence-electron chi connectivity index (χ2n) is 1.33. The molecule has 0 aliphatic heterocycles. The number of oxime groups is 1. The number of rotatable bonds is 1. The van der Waals surface area contributed by atoms with Crippen LogP contribution in [-0.2, 0) is 9.53 Å². The maximum Gasteiger partial charge on any atom is 0.362 e. The lowest BCUT2D eigenvalue weighted by Crippen LogP contribution is -2.14. The Morgan fingerprint density at radius 2 is 2.45 bits per heavy atom. The zero-order valence-electron chi connectivity index (χ0n) is 5.76. The first kappa shape index (κ1) is 9.25. The van der Waals surface area contributed by atoms with Crippen molar-refractivity contribution in [2.24, 2.45) is 10.3 Å². The molecule has 0 amide bonds. The van der Waals surface area contributed by atoms with Crippen molar-refractivity contribution in [2.75, 3.05) is 6.61 Å². The summed E-state index contributed by atoms with van der Waals surface area (Å²) in [5.41, 5.74) is 7.84. The van der Waals surface area contributed by atoms with Gasteiger partial charge in [0.05, 0.1) is 6.61 Å². The lowest BCUT2D eigenvalue weighted by atomic mass is 10.6. The van der Waals surface area contributed by atoms with Crippen LogP contribution in [0.4, 0.5) is 0 Å². The maximum atomic E-state index is 10.6. The molecule has 0 saturated heterocycles. The molecule has 0 bridgehead atoms. The van der Waals surface area contributed by atoms with Crippen molar-refractivity contribution in [1.29, 1.82) is 0 Å². The van der Waals surface area contributed by atoms with Gasteiger partial charge in [-0.15, -0.1) is 0 Å². The molecule has 7 nitrogen and oxygen atoms in total. The highest BCUT2D eigenvalue weighted by Gasteiger charge is 2.09. The third kappa shape index (κ3) is 3.07. The Bertz CT molecular complexity index is 217. The Hall–Kier alpha value is -1.75. The molecule has 11 heavy (non-hydrogen) atoms. The molecule has 0 aromatic carbocycles. The fraction of sp³-hybridized carbons (Fsp3) is 0.500. The SMILES string of the molecule is CCOC(=O)/C(N=[N+]=[N-])=N/O. The summed E-state index contributed by atoms with van der Waals surface area (Å²) in [6.07, 6.45) is 0. The largest absolute Gasteiger partial charge is 0.461 e. The predicted octanol–water partition coefficient (Wildman–Crippen LogP) is 0.647. The lowest BCUT2D eigenvalue weighted by molar-refractivity contribution is -0.135. The molecule has 0 fully saturated rings. The van der Waals surface area contributed by atoms with Gasteiger partial charge in [-0.2, -0.15) is 0 Å². The topological polar surface area (TPSA) is 108 Å². The van der Waals surface area contributed by atoms with E-state index >= 15 is 0 Å². The van der Waals surface area contributed by atoms with Gasteiger partial charge in [-0.25, -0.2) is 4.79 Å². The Morgan fingerprint density at radius 1 is 1.82 bits per heavy atom. The molecule has 0 rings (SSSR count). The van der Waals surface area contributed by atoms with Crippen LogP contribution in [-0.4, -0.2) is 23.6 Å². The fourth-order valence-electron chi connectivity index (χ4n) is 0.340. The highest BCUT2D eigenvalue weighted by Crippen LogP contribution is 1.86. The molecule has 0 unspecified atom stereocenters. The summed E-state index contributed by atoms with van der Waals surface area (Å²) < 4.78 is 4.35. The Kier molecular flexibility index (Phi) is 4.26. The molecule has 7 heteroatoms. The minimum absolute atomic E-state index is 0.124. The van der Waals surface area contributed by atoms with Crippen molar-refractivity contribution >= 4 is 11.8 Å². The van der Waals surface area contributed by atoms with Gasteiger partial charge in [-0.1, -0.05) is 5.16 Å². The Morgan fingerprint density at radius 3 is 2.82 bits per heavy atom. The zero-order valence-corrected chi connectivity index (χ0v) is 5.76. The number of nitrogens with zero attached hydrogens (tertiary/aromatic N) is 4. The molecule has 0 heterocycles.